The van der Waals surface area contributed by atoms with Gasteiger partial charge in [-0.05, 0) is 12.8 Å². The molecule has 1 fully saturated rings. The molecular formula is C10H16N4O4S. The van der Waals surface area contributed by atoms with Gasteiger partial charge in [0.15, 0.2) is 5.82 Å². The average molecular weight is 288 g/mol. The van der Waals surface area contributed by atoms with E-state index in [9.17, 15) is 13.2 Å². The lowest BCUT2D eigenvalue weighted by Crippen LogP contribution is -2.27. The molecule has 3 N–H and O–H groups in total. The highest BCUT2D eigenvalue weighted by molar-refractivity contribution is 7.85. The third kappa shape index (κ3) is 3.24. The summed E-state index contributed by atoms with van der Waals surface area (Å²) >= 11 is 0. The van der Waals surface area contributed by atoms with E-state index in [0.717, 1.165) is 6.42 Å². The molecule has 0 unspecified atom stereocenters. The second-order valence-electron chi connectivity index (χ2n) is 4.44. The van der Waals surface area contributed by atoms with E-state index in [1.54, 1.807) is 4.90 Å². The Bertz CT molecular complexity index is 580. The largest absolute Gasteiger partial charge is 0.394 e. The average Bonchev–Trinajstić information content (AvgIpc) is 2.84. The quantitative estimate of drug-likeness (QED) is 0.728. The molecule has 19 heavy (non-hydrogen) atoms. The minimum absolute atomic E-state index is 0.0109. The number of amides is 1. The maximum atomic E-state index is 11.7. The molecule has 0 radical (unpaired) electrons. The van der Waals surface area contributed by atoms with Crippen LogP contribution in [-0.4, -0.2) is 41.0 Å². The van der Waals surface area contributed by atoms with E-state index in [2.05, 4.69) is 5.10 Å². The number of hydrogen-bond acceptors (Lipinski definition) is 5. The molecule has 2 rings (SSSR count). The predicted molar refractivity (Wildman–Crippen MR) is 69.3 cm³/mol. The number of aromatic nitrogens is 2. The summed E-state index contributed by atoms with van der Waals surface area (Å²) in [6.45, 7) is 0.864. The zero-order chi connectivity index (χ0) is 14.0. The Morgan fingerprint density at radius 1 is 1.47 bits per heavy atom. The number of aryl methyl sites for hydroxylation is 1. The first kappa shape index (κ1) is 13.8. The highest BCUT2D eigenvalue weighted by Crippen LogP contribution is 2.27. The SMILES string of the molecule is Nc1cnn(CCCS(=O)(=O)O)c1N1CCCC1=O. The molecule has 0 atom stereocenters. The summed E-state index contributed by atoms with van der Waals surface area (Å²) < 4.78 is 31.5. The Hall–Kier alpha value is -1.61. The second kappa shape index (κ2) is 5.17. The van der Waals surface area contributed by atoms with Crippen LogP contribution in [0.15, 0.2) is 6.20 Å². The molecule has 0 saturated carbocycles. The standard InChI is InChI=1S/C10H16N4O4S/c11-8-7-12-14(5-2-6-19(16,17)18)10(8)13-4-1-3-9(13)15/h7H,1-6,11H2,(H,16,17,18). The molecule has 0 bridgehead atoms. The molecule has 1 aliphatic rings. The van der Waals surface area contributed by atoms with Crippen LogP contribution in [0, 0.1) is 0 Å². The molecule has 8 nitrogen and oxygen atoms in total. The van der Waals surface area contributed by atoms with Crippen molar-refractivity contribution in [2.75, 3.05) is 22.9 Å². The van der Waals surface area contributed by atoms with Crippen molar-refractivity contribution >= 4 is 27.5 Å². The highest BCUT2D eigenvalue weighted by atomic mass is 32.2. The summed E-state index contributed by atoms with van der Waals surface area (Å²) in [4.78, 5) is 13.3. The number of anilines is 2. The van der Waals surface area contributed by atoms with Gasteiger partial charge in [0.1, 0.15) is 0 Å². The van der Waals surface area contributed by atoms with E-state index < -0.39 is 10.1 Å². The number of hydrogen-bond donors (Lipinski definition) is 2. The highest BCUT2D eigenvalue weighted by Gasteiger charge is 2.26. The lowest BCUT2D eigenvalue weighted by atomic mass is 10.4. The molecule has 1 aromatic heterocycles. The van der Waals surface area contributed by atoms with Crippen LogP contribution in [0.25, 0.3) is 0 Å². The normalized spacial score (nSPS) is 16.3. The molecule has 1 aliphatic heterocycles. The Morgan fingerprint density at radius 3 is 2.79 bits per heavy atom. The Morgan fingerprint density at radius 2 is 2.21 bits per heavy atom. The van der Waals surface area contributed by atoms with Crippen LogP contribution in [0.2, 0.25) is 0 Å². The van der Waals surface area contributed by atoms with Gasteiger partial charge < -0.3 is 5.73 Å². The van der Waals surface area contributed by atoms with E-state index in [4.69, 9.17) is 10.3 Å². The van der Waals surface area contributed by atoms with Gasteiger partial charge in [-0.1, -0.05) is 0 Å². The van der Waals surface area contributed by atoms with Crippen LogP contribution < -0.4 is 10.6 Å². The van der Waals surface area contributed by atoms with Crippen LogP contribution in [0.3, 0.4) is 0 Å². The minimum Gasteiger partial charge on any atom is -0.394 e. The number of nitrogens with two attached hydrogens (primary N) is 1. The van der Waals surface area contributed by atoms with Crippen molar-refractivity contribution < 1.29 is 17.8 Å². The Kier molecular flexibility index (Phi) is 3.76. The summed E-state index contributed by atoms with van der Waals surface area (Å²) in [6.07, 6.45) is 2.90. The van der Waals surface area contributed by atoms with Gasteiger partial charge in [0, 0.05) is 19.5 Å². The van der Waals surface area contributed by atoms with Crippen LogP contribution in [0.4, 0.5) is 11.5 Å². The summed E-state index contributed by atoms with van der Waals surface area (Å²) in [5.74, 6) is 0.154. The van der Waals surface area contributed by atoms with Crippen molar-refractivity contribution in [2.24, 2.45) is 0 Å². The molecule has 0 spiro atoms. The molecule has 106 valence electrons. The number of nitrogen functional groups attached to an aromatic ring is 1. The number of rotatable bonds is 5. The van der Waals surface area contributed by atoms with Gasteiger partial charge in [-0.25, -0.2) is 4.68 Å². The summed E-state index contributed by atoms with van der Waals surface area (Å²) in [6, 6.07) is 0. The van der Waals surface area contributed by atoms with Crippen LogP contribution in [0.1, 0.15) is 19.3 Å². The van der Waals surface area contributed by atoms with E-state index in [-0.39, 0.29) is 24.6 Å². The number of carbonyl (C=O) groups excluding carboxylic acids is 1. The third-order valence-corrected chi connectivity index (χ3v) is 3.74. The molecule has 0 aliphatic carbocycles. The first-order valence-corrected chi connectivity index (χ1v) is 7.56. The van der Waals surface area contributed by atoms with Gasteiger partial charge in [-0.2, -0.15) is 13.5 Å². The Balaban J connectivity index is 2.11. The van der Waals surface area contributed by atoms with Gasteiger partial charge in [0.2, 0.25) is 5.91 Å². The monoisotopic (exact) mass is 288 g/mol. The first-order chi connectivity index (χ1) is 8.88. The lowest BCUT2D eigenvalue weighted by molar-refractivity contribution is -0.117. The minimum atomic E-state index is -3.98. The van der Waals surface area contributed by atoms with Crippen molar-refractivity contribution in [3.63, 3.8) is 0 Å². The fourth-order valence-electron chi connectivity index (χ4n) is 2.12. The van der Waals surface area contributed by atoms with E-state index in [1.165, 1.54) is 10.9 Å². The summed E-state index contributed by atoms with van der Waals surface area (Å²) in [7, 11) is -3.98. The van der Waals surface area contributed by atoms with Crippen molar-refractivity contribution in [3.8, 4) is 0 Å². The van der Waals surface area contributed by atoms with E-state index in [0.29, 0.717) is 24.5 Å². The topological polar surface area (TPSA) is 119 Å². The molecule has 0 aromatic carbocycles. The van der Waals surface area contributed by atoms with E-state index in [1.807, 2.05) is 0 Å². The van der Waals surface area contributed by atoms with Crippen molar-refractivity contribution in [1.82, 2.24) is 9.78 Å². The van der Waals surface area contributed by atoms with Crippen LogP contribution in [0.5, 0.6) is 0 Å². The van der Waals surface area contributed by atoms with Crippen LogP contribution in [-0.2, 0) is 21.5 Å². The predicted octanol–water partition coefficient (Wildman–Crippen LogP) is -0.130. The first-order valence-electron chi connectivity index (χ1n) is 5.95. The third-order valence-electron chi connectivity index (χ3n) is 2.94. The molecule has 1 saturated heterocycles. The van der Waals surface area contributed by atoms with Gasteiger partial charge in [0.25, 0.3) is 10.1 Å². The van der Waals surface area contributed by atoms with Crippen molar-refractivity contribution in [3.05, 3.63) is 6.20 Å². The molecule has 2 heterocycles. The number of carbonyl (C=O) groups is 1. The van der Waals surface area contributed by atoms with Gasteiger partial charge in [-0.15, -0.1) is 0 Å². The van der Waals surface area contributed by atoms with E-state index >= 15 is 0 Å². The second-order valence-corrected chi connectivity index (χ2v) is 6.01. The molecule has 1 amide bonds. The fourth-order valence-corrected chi connectivity index (χ4v) is 2.61. The van der Waals surface area contributed by atoms with Gasteiger partial charge in [0.05, 0.1) is 17.6 Å². The fraction of sp³-hybridized carbons (Fsp3) is 0.600. The molecular weight excluding hydrogens is 272 g/mol. The zero-order valence-electron chi connectivity index (χ0n) is 10.3. The number of nitrogens with zero attached hydrogens (tertiary/aromatic N) is 3. The van der Waals surface area contributed by atoms with Gasteiger partial charge in [-0.3, -0.25) is 14.2 Å². The van der Waals surface area contributed by atoms with Crippen LogP contribution >= 0.6 is 0 Å². The smallest absolute Gasteiger partial charge is 0.264 e. The molecule has 1 aromatic rings. The summed E-state index contributed by atoms with van der Waals surface area (Å²) in [5.41, 5.74) is 6.19. The van der Waals surface area contributed by atoms with Crippen molar-refractivity contribution in [1.29, 1.82) is 0 Å². The zero-order valence-corrected chi connectivity index (χ0v) is 11.1. The molecule has 9 heteroatoms. The summed E-state index contributed by atoms with van der Waals surface area (Å²) in [5, 5.41) is 4.04. The lowest BCUT2D eigenvalue weighted by Gasteiger charge is -2.18. The maximum Gasteiger partial charge on any atom is 0.264 e. The Labute approximate surface area is 110 Å². The van der Waals surface area contributed by atoms with Gasteiger partial charge >= 0.3 is 0 Å². The van der Waals surface area contributed by atoms with Crippen molar-refractivity contribution in [2.45, 2.75) is 25.8 Å². The maximum absolute atomic E-state index is 11.7.